The number of rotatable bonds is 4. The van der Waals surface area contributed by atoms with Gasteiger partial charge in [-0.15, -0.1) is 0 Å². The highest BCUT2D eigenvalue weighted by molar-refractivity contribution is 6.01. The molecule has 1 amide bonds. The number of allylic oxidation sites excluding steroid dienone is 2. The van der Waals surface area contributed by atoms with Gasteiger partial charge in [0.2, 0.25) is 5.78 Å². The molecule has 0 aromatic heterocycles. The van der Waals surface area contributed by atoms with Crippen molar-refractivity contribution in [3.05, 3.63) is 70.4 Å². The number of Topliss-reactive ketones (excluding diaryl/α,β-unsaturated/α-hetero) is 1. The maximum absolute atomic E-state index is 13.8. The number of carbonyl (C=O) groups excluding carboxylic acids is 3. The standard InChI is InChI=1S/C29H27N3O5.ClH/c1-2-16-12-32(13-23(35)17-6-7-24-21(10-17)30-26(36)15-37-24)9-8-29-20-4-3-5-22(34)27(20)31-28(29)19(14-33)18(16)11-25(29)32;/h2-7,10,14,18,25H,8-9,11-13,15H2,1H3,(H2-,30,31,33,34,36);1H/b16-2-;/t18-,25-,29+,32?;/m0./s1. The summed E-state index contributed by atoms with van der Waals surface area (Å²) in [6, 6.07) is 10.9. The third-order valence-corrected chi connectivity index (χ3v) is 9.36. The van der Waals surface area contributed by atoms with Gasteiger partial charge >= 0.3 is 0 Å². The Labute approximate surface area is 226 Å². The van der Waals surface area contributed by atoms with Crippen LogP contribution in [-0.2, 0) is 15.0 Å². The van der Waals surface area contributed by atoms with Gasteiger partial charge in [-0.05, 0) is 42.3 Å². The van der Waals surface area contributed by atoms with Crippen molar-refractivity contribution < 1.29 is 41.1 Å². The number of amides is 1. The van der Waals surface area contributed by atoms with E-state index in [1.54, 1.807) is 24.3 Å². The van der Waals surface area contributed by atoms with Crippen LogP contribution in [0, 0.1) is 5.92 Å². The number of carbonyl (C=O) groups is 3. The third kappa shape index (κ3) is 3.10. The lowest BCUT2D eigenvalue weighted by atomic mass is 9.61. The van der Waals surface area contributed by atoms with Crippen molar-refractivity contribution in [1.29, 1.82) is 0 Å². The maximum Gasteiger partial charge on any atom is 0.262 e. The molecule has 3 N–H and O–H groups in total. The summed E-state index contributed by atoms with van der Waals surface area (Å²) in [6.45, 7) is 3.80. The molecule has 4 aliphatic heterocycles. The highest BCUT2D eigenvalue weighted by Crippen LogP contribution is 2.64. The molecule has 38 heavy (non-hydrogen) atoms. The number of ketones is 1. The second kappa shape index (κ2) is 8.44. The number of quaternary nitrogens is 1. The van der Waals surface area contributed by atoms with E-state index < -0.39 is 5.41 Å². The molecule has 5 aliphatic rings. The number of halogens is 1. The quantitative estimate of drug-likeness (QED) is 0.172. The molecule has 2 aromatic rings. The van der Waals surface area contributed by atoms with Gasteiger partial charge in [-0.1, -0.05) is 18.2 Å². The minimum atomic E-state index is -0.433. The van der Waals surface area contributed by atoms with Crippen molar-refractivity contribution >= 4 is 29.4 Å². The number of aldehydes is 1. The van der Waals surface area contributed by atoms with Gasteiger partial charge in [0, 0.05) is 35.6 Å². The average molecular weight is 534 g/mol. The Morgan fingerprint density at radius 2 is 2.11 bits per heavy atom. The fourth-order valence-electron chi connectivity index (χ4n) is 7.81. The van der Waals surface area contributed by atoms with E-state index in [0.717, 1.165) is 42.5 Å². The van der Waals surface area contributed by atoms with Crippen molar-refractivity contribution in [2.45, 2.75) is 31.2 Å². The van der Waals surface area contributed by atoms with Crippen LogP contribution in [0.4, 0.5) is 11.4 Å². The van der Waals surface area contributed by atoms with Crippen LogP contribution in [0.5, 0.6) is 11.5 Å². The lowest BCUT2D eigenvalue weighted by Gasteiger charge is -2.53. The lowest BCUT2D eigenvalue weighted by molar-refractivity contribution is -0.934. The van der Waals surface area contributed by atoms with Crippen molar-refractivity contribution in [3.63, 3.8) is 0 Å². The number of hydrogen-bond donors (Lipinski definition) is 3. The van der Waals surface area contributed by atoms with Crippen LogP contribution in [0.2, 0.25) is 0 Å². The topological polar surface area (TPSA) is 105 Å². The fourth-order valence-corrected chi connectivity index (χ4v) is 7.81. The predicted molar refractivity (Wildman–Crippen MR) is 137 cm³/mol. The second-order valence-corrected chi connectivity index (χ2v) is 10.9. The number of hydrogen-bond acceptors (Lipinski definition) is 6. The number of anilines is 2. The zero-order valence-corrected chi connectivity index (χ0v) is 21.7. The fraction of sp³-hybridized carbons (Fsp3) is 0.345. The van der Waals surface area contributed by atoms with Gasteiger partial charge in [-0.2, -0.15) is 0 Å². The Bertz CT molecular complexity index is 1480. The minimum absolute atomic E-state index is 0. The predicted octanol–water partition coefficient (Wildman–Crippen LogP) is 0.295. The van der Waals surface area contributed by atoms with Crippen LogP contribution >= 0.6 is 0 Å². The van der Waals surface area contributed by atoms with Crippen LogP contribution < -0.4 is 27.8 Å². The molecule has 1 unspecified atom stereocenters. The van der Waals surface area contributed by atoms with E-state index in [9.17, 15) is 19.5 Å². The monoisotopic (exact) mass is 533 g/mol. The second-order valence-electron chi connectivity index (χ2n) is 10.9. The molecule has 4 heterocycles. The summed E-state index contributed by atoms with van der Waals surface area (Å²) in [7, 11) is 0. The molecule has 8 nitrogen and oxygen atoms in total. The van der Waals surface area contributed by atoms with E-state index in [2.05, 4.69) is 22.8 Å². The largest absolute Gasteiger partial charge is 1.00 e. The number of aromatic hydroxyl groups is 1. The van der Waals surface area contributed by atoms with Crippen molar-refractivity contribution in [2.75, 3.05) is 36.9 Å². The number of para-hydroxylation sites is 1. The zero-order valence-electron chi connectivity index (χ0n) is 20.9. The molecule has 2 saturated heterocycles. The molecule has 0 saturated carbocycles. The summed E-state index contributed by atoms with van der Waals surface area (Å²) in [4.78, 5) is 38.1. The first-order valence-electron chi connectivity index (χ1n) is 12.8. The zero-order chi connectivity index (χ0) is 25.5. The van der Waals surface area contributed by atoms with Gasteiger partial charge in [0.1, 0.15) is 36.9 Å². The van der Waals surface area contributed by atoms with Crippen molar-refractivity contribution in [2.24, 2.45) is 5.92 Å². The highest BCUT2D eigenvalue weighted by atomic mass is 35.5. The smallest absolute Gasteiger partial charge is 0.262 e. The average Bonchev–Trinajstić information content (AvgIpc) is 3.43. The normalized spacial score (nSPS) is 30.8. The lowest BCUT2D eigenvalue weighted by Crippen LogP contribution is -3.00. The van der Waals surface area contributed by atoms with Crippen molar-refractivity contribution in [1.82, 2.24) is 0 Å². The number of piperidine rings is 1. The third-order valence-electron chi connectivity index (χ3n) is 9.36. The highest BCUT2D eigenvalue weighted by Gasteiger charge is 2.69. The Hall–Kier alpha value is -3.62. The number of nitrogens with one attached hydrogen (secondary N) is 2. The Kier molecular flexibility index (Phi) is 5.49. The number of phenols is 1. The van der Waals surface area contributed by atoms with Crippen LogP contribution in [0.3, 0.4) is 0 Å². The Morgan fingerprint density at radius 1 is 1.26 bits per heavy atom. The molecular formula is C29H28ClN3O5. The van der Waals surface area contributed by atoms with Gasteiger partial charge in [-0.3, -0.25) is 14.4 Å². The maximum atomic E-state index is 13.8. The minimum Gasteiger partial charge on any atom is -1.00 e. The summed E-state index contributed by atoms with van der Waals surface area (Å²) in [5.74, 6) is 0.539. The molecule has 9 heteroatoms. The molecule has 2 aromatic carbocycles. The molecular weight excluding hydrogens is 506 g/mol. The number of nitrogens with zero attached hydrogens (tertiary/aromatic N) is 1. The van der Waals surface area contributed by atoms with Gasteiger partial charge in [0.05, 0.1) is 23.3 Å². The number of phenolic OH excluding ortho intramolecular Hbond substituents is 1. The van der Waals surface area contributed by atoms with Crippen molar-refractivity contribution in [3.8, 4) is 11.5 Å². The summed E-state index contributed by atoms with van der Waals surface area (Å²) < 4.78 is 6.08. The van der Waals surface area contributed by atoms with Gasteiger partial charge in [0.15, 0.2) is 6.61 Å². The van der Waals surface area contributed by atoms with E-state index in [1.807, 2.05) is 13.0 Å². The first-order valence-corrected chi connectivity index (χ1v) is 12.8. The molecule has 7 rings (SSSR count). The van der Waals surface area contributed by atoms with Crippen LogP contribution in [0.1, 0.15) is 35.7 Å². The molecule has 0 radical (unpaired) electrons. The summed E-state index contributed by atoms with van der Waals surface area (Å²) in [5, 5.41) is 16.9. The number of fused-ring (bicyclic) bond motifs is 3. The Morgan fingerprint density at radius 3 is 2.89 bits per heavy atom. The Balaban J connectivity index is 0.00000264. The van der Waals surface area contributed by atoms with Crippen LogP contribution in [-0.4, -0.2) is 59.8 Å². The molecule has 1 spiro atoms. The summed E-state index contributed by atoms with van der Waals surface area (Å²) in [6.07, 6.45) is 4.67. The van der Waals surface area contributed by atoms with E-state index in [0.29, 0.717) is 40.3 Å². The van der Waals surface area contributed by atoms with E-state index >= 15 is 0 Å². The number of ether oxygens (including phenoxy) is 1. The van der Waals surface area contributed by atoms with Gasteiger partial charge in [-0.25, -0.2) is 0 Å². The van der Waals surface area contributed by atoms with Crippen LogP contribution in [0.15, 0.2) is 59.3 Å². The first-order chi connectivity index (χ1) is 17.9. The van der Waals surface area contributed by atoms with Gasteiger partial charge < -0.3 is 37.4 Å². The molecule has 196 valence electrons. The van der Waals surface area contributed by atoms with Crippen LogP contribution in [0.25, 0.3) is 0 Å². The van der Waals surface area contributed by atoms with E-state index in [4.69, 9.17) is 4.74 Å². The van der Waals surface area contributed by atoms with Gasteiger partial charge in [0.25, 0.3) is 5.91 Å². The van der Waals surface area contributed by atoms with E-state index in [-0.39, 0.29) is 48.4 Å². The summed E-state index contributed by atoms with van der Waals surface area (Å²) >= 11 is 0. The SMILES string of the molecule is C/C=C1/C[N+]2(CC(=O)c3ccc4c(c3)NC(=O)CO4)CC[C@]34C(=C(C=O)[C@H]1C[C@@H]32)Nc1c(O)cccc14.[Cl-]. The number of benzene rings is 2. The molecule has 1 aliphatic carbocycles. The summed E-state index contributed by atoms with van der Waals surface area (Å²) in [5.41, 5.74) is 5.20. The molecule has 2 bridgehead atoms. The molecule has 2 fully saturated rings. The molecule has 4 atom stereocenters. The van der Waals surface area contributed by atoms with E-state index in [1.165, 1.54) is 5.57 Å². The first kappa shape index (κ1) is 24.7.